The highest BCUT2D eigenvalue weighted by atomic mass is 16.3. The summed E-state index contributed by atoms with van der Waals surface area (Å²) < 4.78 is 0. The largest absolute Gasteiger partial charge is 0.391 e. The number of carbonyl (C=O) groups is 2. The molecule has 0 aliphatic rings. The fourth-order valence-corrected chi connectivity index (χ4v) is 2.56. The molecule has 0 rings (SSSR count). The lowest BCUT2D eigenvalue weighted by Crippen LogP contribution is -2.54. The number of allylic oxidation sites excluding steroid dienone is 2. The average molecular weight is 312 g/mol. The highest BCUT2D eigenvalue weighted by molar-refractivity contribution is 6.41. The third-order valence-corrected chi connectivity index (χ3v) is 3.98. The molecular weight excluding hydrogens is 280 g/mol. The van der Waals surface area contributed by atoms with Gasteiger partial charge in [0.25, 0.3) is 0 Å². The molecule has 128 valence electrons. The van der Waals surface area contributed by atoms with Crippen molar-refractivity contribution in [3.63, 3.8) is 0 Å². The van der Waals surface area contributed by atoms with Crippen LogP contribution in [0.2, 0.25) is 0 Å². The van der Waals surface area contributed by atoms with Crippen LogP contribution in [0.5, 0.6) is 0 Å². The van der Waals surface area contributed by atoms with Crippen LogP contribution in [0.15, 0.2) is 12.2 Å². The first kappa shape index (κ1) is 21.0. The molecule has 0 fully saturated rings. The van der Waals surface area contributed by atoms with Crippen molar-refractivity contribution in [1.29, 1.82) is 0 Å². The summed E-state index contributed by atoms with van der Waals surface area (Å²) in [5.74, 6) is -1.08. The van der Waals surface area contributed by atoms with Crippen LogP contribution in [0, 0.1) is 11.8 Å². The number of aliphatic hydroxyl groups excluding tert-OH is 1. The Bertz CT molecular complexity index is 391. The number of hydrogen-bond donors (Lipinski definition) is 2. The van der Waals surface area contributed by atoms with Gasteiger partial charge in [0.15, 0.2) is 0 Å². The van der Waals surface area contributed by atoms with Gasteiger partial charge in [-0.15, -0.1) is 0 Å². The first-order valence-corrected chi connectivity index (χ1v) is 7.89. The van der Waals surface area contributed by atoms with Gasteiger partial charge in [-0.3, -0.25) is 14.5 Å². The Kier molecular flexibility index (Phi) is 9.41. The van der Waals surface area contributed by atoms with E-state index in [4.69, 9.17) is 0 Å². The number of nitrogens with one attached hydrogen (secondary N) is 1. The molecule has 22 heavy (non-hydrogen) atoms. The lowest BCUT2D eigenvalue weighted by atomic mass is 9.87. The molecule has 5 nitrogen and oxygen atoms in total. The summed E-state index contributed by atoms with van der Waals surface area (Å²) in [5.41, 5.74) is 0. The molecule has 0 aromatic heterocycles. The van der Waals surface area contributed by atoms with E-state index in [0.29, 0.717) is 6.42 Å². The van der Waals surface area contributed by atoms with E-state index in [2.05, 4.69) is 5.32 Å². The van der Waals surface area contributed by atoms with Crippen molar-refractivity contribution in [2.45, 2.75) is 52.3 Å². The minimum absolute atomic E-state index is 0.0156. The molecule has 5 heteroatoms. The zero-order valence-electron chi connectivity index (χ0n) is 15.0. The minimum atomic E-state index is -0.882. The van der Waals surface area contributed by atoms with Gasteiger partial charge in [-0.1, -0.05) is 32.9 Å². The van der Waals surface area contributed by atoms with Crippen molar-refractivity contribution in [1.82, 2.24) is 10.2 Å². The van der Waals surface area contributed by atoms with E-state index >= 15 is 0 Å². The summed E-state index contributed by atoms with van der Waals surface area (Å²) in [5, 5.41) is 13.4. The maximum Gasteiger partial charge on any atom is 0.219 e. The first-order valence-electron chi connectivity index (χ1n) is 7.89. The molecule has 0 aromatic rings. The predicted molar refractivity (Wildman–Crippen MR) is 89.8 cm³/mol. The molecule has 0 radical (unpaired) electrons. The van der Waals surface area contributed by atoms with E-state index < -0.39 is 29.8 Å². The first-order chi connectivity index (χ1) is 10.2. The van der Waals surface area contributed by atoms with E-state index in [-0.39, 0.29) is 11.8 Å². The molecule has 0 bridgehead atoms. The number of hydrogen-bond acceptors (Lipinski definition) is 5. The summed E-state index contributed by atoms with van der Waals surface area (Å²) in [6.45, 7) is 7.58. The highest BCUT2D eigenvalue weighted by Crippen LogP contribution is 2.18. The smallest absolute Gasteiger partial charge is 0.219 e. The molecule has 0 unspecified atom stereocenters. The third kappa shape index (κ3) is 5.63. The highest BCUT2D eigenvalue weighted by Gasteiger charge is 2.38. The Balaban J connectivity index is 5.24. The molecule has 0 saturated heterocycles. The molecule has 0 aliphatic heterocycles. The number of Topliss-reactive ketones (excluding diaryl/α,β-unsaturated/α-hetero) is 2. The van der Waals surface area contributed by atoms with Crippen molar-refractivity contribution >= 4 is 11.6 Å². The SMILES string of the molecule is C/C=C/C[C@@H](C)[C@@H](O)[C@H](C(=O)C(=O)[C@@H](NC)C(C)C)N(C)C. The van der Waals surface area contributed by atoms with Crippen LogP contribution < -0.4 is 5.32 Å². The molecule has 0 saturated carbocycles. The van der Waals surface area contributed by atoms with Crippen molar-refractivity contribution in [3.05, 3.63) is 12.2 Å². The van der Waals surface area contributed by atoms with Gasteiger partial charge in [0.1, 0.15) is 6.04 Å². The van der Waals surface area contributed by atoms with Crippen LogP contribution in [0.1, 0.15) is 34.1 Å². The number of aliphatic hydroxyl groups is 1. The zero-order chi connectivity index (χ0) is 17.4. The summed E-state index contributed by atoms with van der Waals surface area (Å²) in [6.07, 6.45) is 3.66. The Morgan fingerprint density at radius 3 is 2.09 bits per heavy atom. The van der Waals surface area contributed by atoms with Gasteiger partial charge in [0.2, 0.25) is 11.6 Å². The van der Waals surface area contributed by atoms with Gasteiger partial charge >= 0.3 is 0 Å². The zero-order valence-corrected chi connectivity index (χ0v) is 15.0. The quantitative estimate of drug-likeness (QED) is 0.469. The van der Waals surface area contributed by atoms with Gasteiger partial charge in [-0.05, 0) is 46.3 Å². The van der Waals surface area contributed by atoms with Crippen LogP contribution in [-0.4, -0.2) is 60.9 Å². The number of rotatable bonds is 10. The van der Waals surface area contributed by atoms with Crippen LogP contribution in [0.4, 0.5) is 0 Å². The maximum absolute atomic E-state index is 12.6. The van der Waals surface area contributed by atoms with E-state index in [1.807, 2.05) is 39.8 Å². The number of carbonyl (C=O) groups excluding carboxylic acids is 2. The Hall–Kier alpha value is -1.04. The predicted octanol–water partition coefficient (Wildman–Crippen LogP) is 1.26. The van der Waals surface area contributed by atoms with Crippen LogP contribution >= 0.6 is 0 Å². The summed E-state index contributed by atoms with van der Waals surface area (Å²) in [7, 11) is 5.10. The second-order valence-corrected chi connectivity index (χ2v) is 6.42. The van der Waals surface area contributed by atoms with E-state index in [0.717, 1.165) is 0 Å². The van der Waals surface area contributed by atoms with Gasteiger partial charge < -0.3 is 10.4 Å². The topological polar surface area (TPSA) is 69.6 Å². The standard InChI is InChI=1S/C17H32N2O3/c1-8-9-10-12(4)15(20)14(19(6)7)17(22)16(21)13(18-5)11(2)3/h8-9,11-15,18,20H,10H2,1-7H3/b9-8+/t12-,13+,14-,15-/m1/s1. The number of likely N-dealkylation sites (N-methyl/N-ethyl adjacent to an activating group) is 2. The Labute approximate surface area is 134 Å². The van der Waals surface area contributed by atoms with Gasteiger partial charge in [-0.25, -0.2) is 0 Å². The average Bonchev–Trinajstić information content (AvgIpc) is 2.44. The van der Waals surface area contributed by atoms with Crippen LogP contribution in [-0.2, 0) is 9.59 Å². The molecule has 0 spiro atoms. The van der Waals surface area contributed by atoms with Crippen molar-refractivity contribution in [2.24, 2.45) is 11.8 Å². The van der Waals surface area contributed by atoms with Crippen LogP contribution in [0.25, 0.3) is 0 Å². The van der Waals surface area contributed by atoms with Gasteiger partial charge in [0, 0.05) is 0 Å². The molecular formula is C17H32N2O3. The summed E-state index contributed by atoms with van der Waals surface area (Å²) in [6, 6.07) is -1.34. The number of ketones is 2. The molecule has 2 N–H and O–H groups in total. The minimum Gasteiger partial charge on any atom is -0.391 e. The summed E-state index contributed by atoms with van der Waals surface area (Å²) in [4.78, 5) is 26.7. The molecule has 0 aliphatic carbocycles. The second-order valence-electron chi connectivity index (χ2n) is 6.42. The molecule has 4 atom stereocenters. The fraction of sp³-hybridized carbons (Fsp3) is 0.765. The van der Waals surface area contributed by atoms with Crippen molar-refractivity contribution in [2.75, 3.05) is 21.1 Å². The van der Waals surface area contributed by atoms with Gasteiger partial charge in [0.05, 0.1) is 12.1 Å². The van der Waals surface area contributed by atoms with Gasteiger partial charge in [-0.2, -0.15) is 0 Å². The lowest BCUT2D eigenvalue weighted by molar-refractivity contribution is -0.144. The number of nitrogens with zero attached hydrogens (tertiary/aromatic N) is 1. The molecule has 0 aromatic carbocycles. The second kappa shape index (κ2) is 9.87. The van der Waals surface area contributed by atoms with Crippen molar-refractivity contribution < 1.29 is 14.7 Å². The normalized spacial score (nSPS) is 17.7. The lowest BCUT2D eigenvalue weighted by Gasteiger charge is -2.32. The van der Waals surface area contributed by atoms with Crippen LogP contribution in [0.3, 0.4) is 0 Å². The fourth-order valence-electron chi connectivity index (χ4n) is 2.56. The Morgan fingerprint density at radius 1 is 1.18 bits per heavy atom. The van der Waals surface area contributed by atoms with Crippen molar-refractivity contribution in [3.8, 4) is 0 Å². The van der Waals surface area contributed by atoms with E-state index in [1.165, 1.54) is 0 Å². The van der Waals surface area contributed by atoms with E-state index in [9.17, 15) is 14.7 Å². The maximum atomic E-state index is 12.6. The monoisotopic (exact) mass is 312 g/mol. The Morgan fingerprint density at radius 2 is 1.73 bits per heavy atom. The molecule has 0 heterocycles. The third-order valence-electron chi connectivity index (χ3n) is 3.98. The summed E-state index contributed by atoms with van der Waals surface area (Å²) >= 11 is 0. The molecule has 0 amide bonds. The van der Waals surface area contributed by atoms with E-state index in [1.54, 1.807) is 26.0 Å².